The molecule has 1 rings (SSSR count). The molecule has 1 fully saturated rings. The molecule has 1 aliphatic heterocycles. The van der Waals surface area contributed by atoms with Crippen LogP contribution in [0.15, 0.2) is 0 Å². The van der Waals surface area contributed by atoms with Crippen molar-refractivity contribution in [2.45, 2.75) is 31.3 Å². The molecule has 2 unspecified atom stereocenters. The Hall–Kier alpha value is 0.350. The molecule has 1 aliphatic rings. The summed E-state index contributed by atoms with van der Waals surface area (Å²) in [5.41, 5.74) is 0. The lowest BCUT2D eigenvalue weighted by Crippen LogP contribution is -2.32. The van der Waals surface area contributed by atoms with Crippen molar-refractivity contribution in [2.75, 3.05) is 0 Å². The minimum Gasteiger partial charge on any atom is -0.155 e. The fourth-order valence-corrected chi connectivity index (χ4v) is 2.25. The van der Waals surface area contributed by atoms with E-state index in [-0.39, 0.29) is 0 Å². The van der Waals surface area contributed by atoms with Gasteiger partial charge in [0.2, 0.25) is 0 Å². The molecule has 0 amide bonds. The van der Waals surface area contributed by atoms with E-state index in [0.717, 1.165) is 16.4 Å². The summed E-state index contributed by atoms with van der Waals surface area (Å²) in [4.78, 5) is 0. The lowest BCUT2D eigenvalue weighted by Gasteiger charge is -2.37. The highest BCUT2D eigenvalue weighted by Crippen LogP contribution is 2.40. The first kappa shape index (κ1) is 5.49. The summed E-state index contributed by atoms with van der Waals surface area (Å²) in [6.45, 7) is 6.93. The molecule has 0 aliphatic carbocycles. The highest BCUT2D eigenvalue weighted by Gasteiger charge is 2.30. The maximum Gasteiger partial charge on any atom is 0.00575 e. The molecule has 1 saturated heterocycles. The molecule has 42 valence electrons. The second-order valence-corrected chi connectivity index (χ2v) is 4.16. The van der Waals surface area contributed by atoms with Crippen LogP contribution in [0.25, 0.3) is 0 Å². The second kappa shape index (κ2) is 1.70. The highest BCUT2D eigenvalue weighted by atomic mass is 32.2. The van der Waals surface area contributed by atoms with Gasteiger partial charge < -0.3 is 0 Å². The largest absolute Gasteiger partial charge is 0.155 e. The van der Waals surface area contributed by atoms with Crippen LogP contribution in [0.3, 0.4) is 0 Å². The summed E-state index contributed by atoms with van der Waals surface area (Å²) < 4.78 is 0. The number of hydrogen-bond acceptors (Lipinski definition) is 1. The van der Waals surface area contributed by atoms with Crippen LogP contribution >= 0.6 is 11.8 Å². The summed E-state index contributed by atoms with van der Waals surface area (Å²) in [5, 5.41) is 1.85. The molecule has 0 radical (unpaired) electrons. The Labute approximate surface area is 49.7 Å². The van der Waals surface area contributed by atoms with Crippen LogP contribution in [-0.4, -0.2) is 10.5 Å². The van der Waals surface area contributed by atoms with Crippen LogP contribution in [0, 0.1) is 5.92 Å². The minimum atomic E-state index is 0.926. The van der Waals surface area contributed by atoms with Crippen molar-refractivity contribution in [1.82, 2.24) is 0 Å². The summed E-state index contributed by atoms with van der Waals surface area (Å²) in [6, 6.07) is 0. The fraction of sp³-hybridized carbons (Fsp3) is 1.00. The van der Waals surface area contributed by atoms with Crippen molar-refractivity contribution in [3.8, 4) is 0 Å². The van der Waals surface area contributed by atoms with Crippen LogP contribution in [0.4, 0.5) is 0 Å². The predicted octanol–water partition coefficient (Wildman–Crippen LogP) is 2.15. The third-order valence-electron chi connectivity index (χ3n) is 1.91. The summed E-state index contributed by atoms with van der Waals surface area (Å²) in [5.74, 6) is 0.963. The molecule has 1 heterocycles. The van der Waals surface area contributed by atoms with Gasteiger partial charge in [0.15, 0.2) is 0 Å². The molecule has 0 nitrogen and oxygen atoms in total. The zero-order chi connectivity index (χ0) is 5.44. The van der Waals surface area contributed by atoms with E-state index in [9.17, 15) is 0 Å². The van der Waals surface area contributed by atoms with Gasteiger partial charge in [-0.05, 0) is 5.92 Å². The van der Waals surface area contributed by atoms with Crippen molar-refractivity contribution in [3.63, 3.8) is 0 Å². The molecule has 0 spiro atoms. The minimum absolute atomic E-state index is 0.926. The van der Waals surface area contributed by atoms with Crippen LogP contribution in [0.2, 0.25) is 0 Å². The SMILES string of the molecule is CC1SC(C)C1C. The van der Waals surface area contributed by atoms with Crippen molar-refractivity contribution < 1.29 is 0 Å². The van der Waals surface area contributed by atoms with Crippen molar-refractivity contribution in [3.05, 3.63) is 0 Å². The molecular formula is C6H12S. The molecule has 0 aromatic carbocycles. The summed E-state index contributed by atoms with van der Waals surface area (Å²) >= 11 is 2.09. The molecule has 2 atom stereocenters. The first-order valence-electron chi connectivity index (χ1n) is 2.87. The third-order valence-corrected chi connectivity index (χ3v) is 3.63. The lowest BCUT2D eigenvalue weighted by molar-refractivity contribution is 0.523. The van der Waals surface area contributed by atoms with E-state index in [2.05, 4.69) is 32.5 Å². The Morgan fingerprint density at radius 2 is 1.43 bits per heavy atom. The Morgan fingerprint density at radius 1 is 1.00 bits per heavy atom. The zero-order valence-corrected chi connectivity index (χ0v) is 5.96. The van der Waals surface area contributed by atoms with Gasteiger partial charge in [-0.15, -0.1) is 0 Å². The van der Waals surface area contributed by atoms with E-state index in [0.29, 0.717) is 0 Å². The van der Waals surface area contributed by atoms with Gasteiger partial charge in [-0.3, -0.25) is 0 Å². The maximum atomic E-state index is 2.33. The van der Waals surface area contributed by atoms with Gasteiger partial charge in [0.05, 0.1) is 0 Å². The van der Waals surface area contributed by atoms with Crippen LogP contribution in [-0.2, 0) is 0 Å². The topological polar surface area (TPSA) is 0 Å². The number of hydrogen-bond donors (Lipinski definition) is 0. The monoisotopic (exact) mass is 116 g/mol. The Balaban J connectivity index is 2.29. The van der Waals surface area contributed by atoms with Gasteiger partial charge in [-0.25, -0.2) is 0 Å². The van der Waals surface area contributed by atoms with Gasteiger partial charge in [0.1, 0.15) is 0 Å². The lowest BCUT2D eigenvalue weighted by atomic mass is 10.0. The Kier molecular flexibility index (Phi) is 1.33. The van der Waals surface area contributed by atoms with E-state index in [1.54, 1.807) is 0 Å². The second-order valence-electron chi connectivity index (χ2n) is 2.41. The maximum absolute atomic E-state index is 2.33. The number of thioether (sulfide) groups is 1. The van der Waals surface area contributed by atoms with Crippen LogP contribution in [0.5, 0.6) is 0 Å². The molecule has 0 bridgehead atoms. The van der Waals surface area contributed by atoms with Crippen molar-refractivity contribution in [2.24, 2.45) is 5.92 Å². The molecule has 1 heteroatoms. The van der Waals surface area contributed by atoms with Gasteiger partial charge >= 0.3 is 0 Å². The average Bonchev–Trinajstić information content (AvgIpc) is 1.68. The predicted molar refractivity (Wildman–Crippen MR) is 35.7 cm³/mol. The molecular weight excluding hydrogens is 104 g/mol. The van der Waals surface area contributed by atoms with Gasteiger partial charge in [0.25, 0.3) is 0 Å². The first-order chi connectivity index (χ1) is 3.22. The molecule has 0 aromatic rings. The van der Waals surface area contributed by atoms with Crippen LogP contribution < -0.4 is 0 Å². The van der Waals surface area contributed by atoms with Gasteiger partial charge in [0, 0.05) is 10.5 Å². The van der Waals surface area contributed by atoms with Crippen LogP contribution in [0.1, 0.15) is 20.8 Å². The summed E-state index contributed by atoms with van der Waals surface area (Å²) in [6.07, 6.45) is 0. The quantitative estimate of drug-likeness (QED) is 0.467. The molecule has 0 aromatic heterocycles. The van der Waals surface area contributed by atoms with E-state index < -0.39 is 0 Å². The standard InChI is InChI=1S/C6H12S/c1-4-5(2)7-6(4)3/h4-6H,1-3H3. The normalized spacial score (nSPS) is 51.0. The van der Waals surface area contributed by atoms with Gasteiger partial charge in [-0.1, -0.05) is 20.8 Å². The van der Waals surface area contributed by atoms with E-state index in [1.807, 2.05) is 0 Å². The van der Waals surface area contributed by atoms with E-state index >= 15 is 0 Å². The van der Waals surface area contributed by atoms with E-state index in [4.69, 9.17) is 0 Å². The first-order valence-corrected chi connectivity index (χ1v) is 3.81. The third kappa shape index (κ3) is 0.788. The van der Waals surface area contributed by atoms with Crippen molar-refractivity contribution >= 4 is 11.8 Å². The molecule has 7 heavy (non-hydrogen) atoms. The fourth-order valence-electron chi connectivity index (χ4n) is 0.879. The average molecular weight is 116 g/mol. The smallest absolute Gasteiger partial charge is 0.00575 e. The van der Waals surface area contributed by atoms with Crippen molar-refractivity contribution in [1.29, 1.82) is 0 Å². The molecule has 0 N–H and O–H groups in total. The van der Waals surface area contributed by atoms with E-state index in [1.165, 1.54) is 0 Å². The zero-order valence-electron chi connectivity index (χ0n) is 5.14. The summed E-state index contributed by atoms with van der Waals surface area (Å²) in [7, 11) is 0. The number of rotatable bonds is 0. The Bertz CT molecular complexity index is 62.6. The Morgan fingerprint density at radius 3 is 1.43 bits per heavy atom. The highest BCUT2D eigenvalue weighted by molar-refractivity contribution is 8.01. The van der Waals surface area contributed by atoms with Gasteiger partial charge in [-0.2, -0.15) is 11.8 Å². The molecule has 0 saturated carbocycles.